The Hall–Kier alpha value is -1.31. The van der Waals surface area contributed by atoms with Crippen molar-refractivity contribution < 1.29 is 8.78 Å². The lowest BCUT2D eigenvalue weighted by atomic mass is 10.2. The Morgan fingerprint density at radius 1 is 1.16 bits per heavy atom. The molecule has 0 unspecified atom stereocenters. The second-order valence-electron chi connectivity index (χ2n) is 4.10. The molecular formula is C13H12F2IN3. The first-order chi connectivity index (χ1) is 9.01. The van der Waals surface area contributed by atoms with E-state index in [1.54, 1.807) is 0 Å². The van der Waals surface area contributed by atoms with Gasteiger partial charge in [0.2, 0.25) is 0 Å². The molecule has 2 rings (SSSR count). The number of aromatic nitrogens is 2. The molecule has 0 bridgehead atoms. The van der Waals surface area contributed by atoms with Gasteiger partial charge in [-0.3, -0.25) is 0 Å². The summed E-state index contributed by atoms with van der Waals surface area (Å²) < 4.78 is 27.2. The maximum atomic E-state index is 13.2. The zero-order valence-corrected chi connectivity index (χ0v) is 12.4. The summed E-state index contributed by atoms with van der Waals surface area (Å²) in [4.78, 5) is 8.44. The average Bonchev–Trinajstić information content (AvgIpc) is 2.33. The van der Waals surface area contributed by atoms with Crippen LogP contribution in [0.15, 0.2) is 18.2 Å². The molecule has 2 N–H and O–H groups in total. The third-order valence-corrected chi connectivity index (χ3v) is 3.73. The number of hydrogen-bond donors (Lipinski definition) is 1. The fourth-order valence-electron chi connectivity index (χ4n) is 1.73. The molecule has 0 saturated carbocycles. The zero-order chi connectivity index (χ0) is 14.0. The van der Waals surface area contributed by atoms with Crippen LogP contribution in [0, 0.1) is 15.2 Å². The number of anilines is 1. The molecule has 19 heavy (non-hydrogen) atoms. The highest BCUT2D eigenvalue weighted by molar-refractivity contribution is 14.1. The monoisotopic (exact) mass is 375 g/mol. The first-order valence-electron chi connectivity index (χ1n) is 5.79. The van der Waals surface area contributed by atoms with Gasteiger partial charge < -0.3 is 5.73 Å². The molecular weight excluding hydrogens is 363 g/mol. The molecule has 0 fully saturated rings. The van der Waals surface area contributed by atoms with Crippen LogP contribution in [0.3, 0.4) is 0 Å². The largest absolute Gasteiger partial charge is 0.383 e. The molecule has 100 valence electrons. The standard InChI is InChI=1S/C13H12F2IN3/c1-2-3-10-11(16)12(17)19-13(18-10)7-4-8(14)6-9(15)5-7/h4-6H,2-3H2,1H3,(H2,17,18,19). The van der Waals surface area contributed by atoms with E-state index in [0.717, 1.165) is 28.2 Å². The topological polar surface area (TPSA) is 51.8 Å². The Balaban J connectivity index is 2.55. The van der Waals surface area contributed by atoms with E-state index in [0.29, 0.717) is 5.82 Å². The number of rotatable bonds is 3. The Morgan fingerprint density at radius 3 is 2.37 bits per heavy atom. The Bertz CT molecular complexity index is 597. The number of nitrogens with zero attached hydrogens (tertiary/aromatic N) is 2. The van der Waals surface area contributed by atoms with E-state index < -0.39 is 11.6 Å². The van der Waals surface area contributed by atoms with E-state index >= 15 is 0 Å². The second kappa shape index (κ2) is 5.77. The van der Waals surface area contributed by atoms with Crippen LogP contribution < -0.4 is 5.73 Å². The highest BCUT2D eigenvalue weighted by Crippen LogP contribution is 2.24. The highest BCUT2D eigenvalue weighted by Gasteiger charge is 2.12. The molecule has 1 aromatic carbocycles. The molecule has 0 atom stereocenters. The number of nitrogens with two attached hydrogens (primary N) is 1. The normalized spacial score (nSPS) is 10.7. The molecule has 1 heterocycles. The number of nitrogen functional groups attached to an aromatic ring is 1. The van der Waals surface area contributed by atoms with Gasteiger partial charge in [-0.15, -0.1) is 0 Å². The van der Waals surface area contributed by atoms with Gasteiger partial charge in [0.1, 0.15) is 17.5 Å². The zero-order valence-electron chi connectivity index (χ0n) is 10.3. The smallest absolute Gasteiger partial charge is 0.162 e. The lowest BCUT2D eigenvalue weighted by molar-refractivity contribution is 0.584. The number of aryl methyl sites for hydroxylation is 1. The molecule has 0 aliphatic carbocycles. The van der Waals surface area contributed by atoms with Gasteiger partial charge in [-0.2, -0.15) is 0 Å². The lowest BCUT2D eigenvalue weighted by Gasteiger charge is -2.08. The molecule has 1 aromatic heterocycles. The summed E-state index contributed by atoms with van der Waals surface area (Å²) in [5.41, 5.74) is 6.91. The van der Waals surface area contributed by atoms with Gasteiger partial charge in [0.25, 0.3) is 0 Å². The van der Waals surface area contributed by atoms with Crippen molar-refractivity contribution >= 4 is 28.4 Å². The van der Waals surface area contributed by atoms with E-state index in [2.05, 4.69) is 32.6 Å². The second-order valence-corrected chi connectivity index (χ2v) is 5.18. The van der Waals surface area contributed by atoms with Gasteiger partial charge >= 0.3 is 0 Å². The molecule has 0 saturated heterocycles. The lowest BCUT2D eigenvalue weighted by Crippen LogP contribution is -2.05. The van der Waals surface area contributed by atoms with Gasteiger partial charge in [-0.1, -0.05) is 13.3 Å². The van der Waals surface area contributed by atoms with Crippen molar-refractivity contribution in [3.05, 3.63) is 39.1 Å². The Morgan fingerprint density at radius 2 is 1.79 bits per heavy atom. The Labute approximate surface area is 123 Å². The maximum absolute atomic E-state index is 13.2. The van der Waals surface area contributed by atoms with Crippen LogP contribution >= 0.6 is 22.6 Å². The summed E-state index contributed by atoms with van der Waals surface area (Å²) in [5, 5.41) is 0. The fourth-order valence-corrected chi connectivity index (χ4v) is 2.24. The van der Waals surface area contributed by atoms with Crippen molar-refractivity contribution in [2.75, 3.05) is 5.73 Å². The average molecular weight is 375 g/mol. The van der Waals surface area contributed by atoms with E-state index in [9.17, 15) is 8.78 Å². The van der Waals surface area contributed by atoms with Gasteiger partial charge in [0.05, 0.1) is 9.26 Å². The molecule has 0 radical (unpaired) electrons. The third kappa shape index (κ3) is 3.17. The minimum absolute atomic E-state index is 0.250. The minimum Gasteiger partial charge on any atom is -0.383 e. The van der Waals surface area contributed by atoms with E-state index in [-0.39, 0.29) is 11.4 Å². The predicted molar refractivity (Wildman–Crippen MR) is 78.5 cm³/mol. The van der Waals surface area contributed by atoms with Crippen LogP contribution in [0.1, 0.15) is 19.0 Å². The van der Waals surface area contributed by atoms with E-state index in [1.165, 1.54) is 12.1 Å². The summed E-state index contributed by atoms with van der Waals surface area (Å²) in [6.07, 6.45) is 1.65. The van der Waals surface area contributed by atoms with Gasteiger partial charge in [-0.25, -0.2) is 18.7 Å². The first-order valence-corrected chi connectivity index (χ1v) is 6.87. The molecule has 3 nitrogen and oxygen atoms in total. The molecule has 0 aliphatic rings. The van der Waals surface area contributed by atoms with Gasteiger partial charge in [-0.05, 0) is 41.1 Å². The number of halogens is 3. The fraction of sp³-hybridized carbons (Fsp3) is 0.231. The summed E-state index contributed by atoms with van der Waals surface area (Å²) in [7, 11) is 0. The van der Waals surface area contributed by atoms with Crippen LogP contribution in [0.4, 0.5) is 14.6 Å². The molecule has 0 spiro atoms. The quantitative estimate of drug-likeness (QED) is 0.835. The number of hydrogen-bond acceptors (Lipinski definition) is 3. The van der Waals surface area contributed by atoms with Crippen LogP contribution in [0.2, 0.25) is 0 Å². The maximum Gasteiger partial charge on any atom is 0.162 e. The van der Waals surface area contributed by atoms with Gasteiger partial charge in [0, 0.05) is 11.6 Å². The number of benzene rings is 1. The van der Waals surface area contributed by atoms with Gasteiger partial charge in [0.15, 0.2) is 5.82 Å². The van der Waals surface area contributed by atoms with Crippen LogP contribution in [0.25, 0.3) is 11.4 Å². The minimum atomic E-state index is -0.659. The van der Waals surface area contributed by atoms with E-state index in [1.807, 2.05) is 6.92 Å². The van der Waals surface area contributed by atoms with Crippen molar-refractivity contribution in [3.63, 3.8) is 0 Å². The molecule has 0 aliphatic heterocycles. The first kappa shape index (κ1) is 14.1. The molecule has 0 amide bonds. The van der Waals surface area contributed by atoms with Crippen LogP contribution in [-0.4, -0.2) is 9.97 Å². The van der Waals surface area contributed by atoms with Crippen molar-refractivity contribution in [1.29, 1.82) is 0 Å². The molecule has 6 heteroatoms. The van der Waals surface area contributed by atoms with Crippen LogP contribution in [-0.2, 0) is 6.42 Å². The van der Waals surface area contributed by atoms with Crippen molar-refractivity contribution in [3.8, 4) is 11.4 Å². The van der Waals surface area contributed by atoms with Crippen molar-refractivity contribution in [1.82, 2.24) is 9.97 Å². The SMILES string of the molecule is CCCc1nc(-c2cc(F)cc(F)c2)nc(N)c1I. The summed E-state index contributed by atoms with van der Waals surface area (Å²) in [5.74, 6) is -0.737. The molecule has 2 aromatic rings. The van der Waals surface area contributed by atoms with E-state index in [4.69, 9.17) is 5.73 Å². The predicted octanol–water partition coefficient (Wildman–Crippen LogP) is 3.56. The third-order valence-electron chi connectivity index (χ3n) is 2.55. The summed E-state index contributed by atoms with van der Waals surface area (Å²) in [6.45, 7) is 2.02. The summed E-state index contributed by atoms with van der Waals surface area (Å²) in [6, 6.07) is 3.20. The highest BCUT2D eigenvalue weighted by atomic mass is 127. The summed E-state index contributed by atoms with van der Waals surface area (Å²) >= 11 is 2.08. The van der Waals surface area contributed by atoms with Crippen molar-refractivity contribution in [2.24, 2.45) is 0 Å². The van der Waals surface area contributed by atoms with Crippen molar-refractivity contribution in [2.45, 2.75) is 19.8 Å². The van der Waals surface area contributed by atoms with Crippen LogP contribution in [0.5, 0.6) is 0 Å². The Kier molecular flexibility index (Phi) is 4.28.